The lowest BCUT2D eigenvalue weighted by Gasteiger charge is -2.12. The van der Waals surface area contributed by atoms with Gasteiger partial charge in [0.15, 0.2) is 11.6 Å². The maximum Gasteiger partial charge on any atom is 0.238 e. The molecule has 5 nitrogen and oxygen atoms in total. The molecule has 0 unspecified atom stereocenters. The van der Waals surface area contributed by atoms with E-state index in [1.54, 1.807) is 0 Å². The van der Waals surface area contributed by atoms with Crippen LogP contribution in [-0.2, 0) is 0 Å². The molecule has 3 heterocycles. The van der Waals surface area contributed by atoms with Gasteiger partial charge in [-0.05, 0) is 92.3 Å². The van der Waals surface area contributed by atoms with E-state index in [0.717, 1.165) is 55.3 Å². The fraction of sp³-hybridized carbons (Fsp3) is 0. The molecule has 3 aromatic heterocycles. The second-order valence-electron chi connectivity index (χ2n) is 16.0. The van der Waals surface area contributed by atoms with E-state index in [9.17, 15) is 0 Å². The first kappa shape index (κ1) is 34.5. The summed E-state index contributed by atoms with van der Waals surface area (Å²) < 4.78 is 4.64. The van der Waals surface area contributed by atoms with Crippen molar-refractivity contribution in [2.75, 3.05) is 0 Å². The van der Waals surface area contributed by atoms with Gasteiger partial charge in [-0.2, -0.15) is 9.97 Å². The zero-order chi connectivity index (χ0) is 40.7. The molecule has 0 N–H and O–H groups in total. The molecule has 0 atom stereocenters. The molecule has 0 fully saturated rings. The first-order valence-electron chi connectivity index (χ1n) is 21.0. The molecule has 13 aromatic rings. The molecule has 0 spiro atoms. The Morgan fingerprint density at radius 1 is 0.258 bits per heavy atom. The van der Waals surface area contributed by atoms with Crippen LogP contribution in [0.4, 0.5) is 0 Å². The van der Waals surface area contributed by atoms with Crippen LogP contribution in [0.1, 0.15) is 0 Å². The van der Waals surface area contributed by atoms with Crippen molar-refractivity contribution in [1.29, 1.82) is 0 Å². The lowest BCUT2D eigenvalue weighted by Crippen LogP contribution is -2.06. The molecule has 0 amide bonds. The van der Waals surface area contributed by atoms with Gasteiger partial charge in [0.25, 0.3) is 0 Å². The van der Waals surface area contributed by atoms with Crippen molar-refractivity contribution in [2.45, 2.75) is 0 Å². The molecule has 0 saturated carbocycles. The highest BCUT2D eigenvalue weighted by Crippen LogP contribution is 2.46. The second-order valence-corrected chi connectivity index (χ2v) is 16.0. The van der Waals surface area contributed by atoms with Crippen molar-refractivity contribution in [1.82, 2.24) is 24.1 Å². The van der Waals surface area contributed by atoms with Crippen LogP contribution in [0.5, 0.6) is 0 Å². The average molecular weight is 790 g/mol. The van der Waals surface area contributed by atoms with E-state index in [4.69, 9.17) is 15.0 Å². The first-order valence-corrected chi connectivity index (χ1v) is 21.0. The highest BCUT2D eigenvalue weighted by molar-refractivity contribution is 6.35. The molecular weight excluding hydrogens is 755 g/mol. The molecular formula is C57H35N5. The van der Waals surface area contributed by atoms with Gasteiger partial charge in [0.1, 0.15) is 0 Å². The fourth-order valence-corrected chi connectivity index (χ4v) is 9.72. The number of aromatic nitrogens is 5. The summed E-state index contributed by atoms with van der Waals surface area (Å²) in [6, 6.07) is 75.6. The third-order valence-electron chi connectivity index (χ3n) is 12.5. The summed E-state index contributed by atoms with van der Waals surface area (Å²) in [4.78, 5) is 15.5. The molecule has 0 aliphatic rings. The Balaban J connectivity index is 1.03. The molecule has 0 aliphatic carbocycles. The minimum absolute atomic E-state index is 0.575. The van der Waals surface area contributed by atoms with Crippen LogP contribution >= 0.6 is 0 Å². The van der Waals surface area contributed by atoms with Crippen LogP contribution < -0.4 is 0 Å². The van der Waals surface area contributed by atoms with Crippen molar-refractivity contribution < 1.29 is 0 Å². The van der Waals surface area contributed by atoms with Crippen molar-refractivity contribution in [2.24, 2.45) is 0 Å². The largest absolute Gasteiger partial charge is 0.309 e. The average Bonchev–Trinajstić information content (AvgIpc) is 3.87. The smallest absolute Gasteiger partial charge is 0.238 e. The van der Waals surface area contributed by atoms with Crippen LogP contribution in [0.15, 0.2) is 212 Å². The number of rotatable bonds is 6. The Labute approximate surface area is 356 Å². The Morgan fingerprint density at radius 3 is 1.50 bits per heavy atom. The zero-order valence-electron chi connectivity index (χ0n) is 33.4. The van der Waals surface area contributed by atoms with Crippen LogP contribution in [0.2, 0.25) is 0 Å². The zero-order valence-corrected chi connectivity index (χ0v) is 33.4. The van der Waals surface area contributed by atoms with Gasteiger partial charge in [-0.1, -0.05) is 164 Å². The van der Waals surface area contributed by atoms with Crippen LogP contribution in [0, 0.1) is 0 Å². The Bertz CT molecular complexity index is 3830. The summed E-state index contributed by atoms with van der Waals surface area (Å²) in [6.07, 6.45) is 0. The summed E-state index contributed by atoms with van der Waals surface area (Å²) in [5.41, 5.74) is 12.1. The molecule has 0 bridgehead atoms. The highest BCUT2D eigenvalue weighted by atomic mass is 15.2. The summed E-state index contributed by atoms with van der Waals surface area (Å²) >= 11 is 0. The SMILES string of the molecule is c1ccc(-c2ccc(-c3nc(-c4ccccc4)nc(-n4c5ccccc5c5cc(-c6cc7c8ccccc8c8cccc9c8c7c(c6)n9-c6ccccc6)ccc54)n3)cc2)cc1. The predicted molar refractivity (Wildman–Crippen MR) is 256 cm³/mol. The molecule has 0 radical (unpaired) electrons. The van der Waals surface area contributed by atoms with Crippen LogP contribution in [0.25, 0.3) is 122 Å². The van der Waals surface area contributed by atoms with Gasteiger partial charge in [-0.3, -0.25) is 4.57 Å². The summed E-state index contributed by atoms with van der Waals surface area (Å²) in [6.45, 7) is 0. The number of benzene rings is 10. The first-order chi connectivity index (χ1) is 30.7. The lowest BCUT2D eigenvalue weighted by atomic mass is 9.92. The van der Waals surface area contributed by atoms with Gasteiger partial charge in [0.2, 0.25) is 5.95 Å². The normalized spacial score (nSPS) is 11.9. The van der Waals surface area contributed by atoms with E-state index in [-0.39, 0.29) is 0 Å². The topological polar surface area (TPSA) is 48.5 Å². The fourth-order valence-electron chi connectivity index (χ4n) is 9.72. The van der Waals surface area contributed by atoms with Crippen LogP contribution in [0.3, 0.4) is 0 Å². The molecule has 13 rings (SSSR count). The second kappa shape index (κ2) is 13.6. The Hall–Kier alpha value is -8.41. The van der Waals surface area contributed by atoms with Crippen molar-refractivity contribution in [3.63, 3.8) is 0 Å². The van der Waals surface area contributed by atoms with Crippen molar-refractivity contribution >= 4 is 65.2 Å². The molecule has 288 valence electrons. The summed E-state index contributed by atoms with van der Waals surface area (Å²) in [5, 5.41) is 9.96. The quantitative estimate of drug-likeness (QED) is 0.158. The summed E-state index contributed by atoms with van der Waals surface area (Å²) in [5.74, 6) is 1.82. The van der Waals surface area contributed by atoms with E-state index < -0.39 is 0 Å². The van der Waals surface area contributed by atoms with Crippen LogP contribution in [-0.4, -0.2) is 24.1 Å². The van der Waals surface area contributed by atoms with E-state index in [2.05, 4.69) is 197 Å². The molecule has 5 heteroatoms. The van der Waals surface area contributed by atoms with Crippen molar-refractivity contribution in [3.05, 3.63) is 212 Å². The monoisotopic (exact) mass is 789 g/mol. The van der Waals surface area contributed by atoms with Crippen molar-refractivity contribution in [3.8, 4) is 56.7 Å². The molecule has 10 aromatic carbocycles. The van der Waals surface area contributed by atoms with Gasteiger partial charge in [-0.25, -0.2) is 4.98 Å². The van der Waals surface area contributed by atoms with Gasteiger partial charge >= 0.3 is 0 Å². The number of nitrogens with zero attached hydrogens (tertiary/aromatic N) is 5. The maximum atomic E-state index is 5.24. The predicted octanol–water partition coefficient (Wildman–Crippen LogP) is 14.5. The Kier molecular flexibility index (Phi) is 7.54. The third kappa shape index (κ3) is 5.25. The summed E-state index contributed by atoms with van der Waals surface area (Å²) in [7, 11) is 0. The minimum Gasteiger partial charge on any atom is -0.309 e. The minimum atomic E-state index is 0.575. The number of hydrogen-bond acceptors (Lipinski definition) is 3. The molecule has 62 heavy (non-hydrogen) atoms. The molecule has 0 aliphatic heterocycles. The maximum absolute atomic E-state index is 5.24. The van der Waals surface area contributed by atoms with Gasteiger partial charge < -0.3 is 4.57 Å². The van der Waals surface area contributed by atoms with Gasteiger partial charge in [0, 0.05) is 38.4 Å². The van der Waals surface area contributed by atoms with Gasteiger partial charge in [-0.15, -0.1) is 0 Å². The van der Waals surface area contributed by atoms with E-state index >= 15 is 0 Å². The van der Waals surface area contributed by atoms with Gasteiger partial charge in [0.05, 0.1) is 22.1 Å². The number of para-hydroxylation sites is 2. The number of hydrogen-bond donors (Lipinski definition) is 0. The number of fused-ring (bicyclic) bond motifs is 6. The lowest BCUT2D eigenvalue weighted by molar-refractivity contribution is 0.953. The Morgan fingerprint density at radius 2 is 0.758 bits per heavy atom. The highest BCUT2D eigenvalue weighted by Gasteiger charge is 2.22. The standard InChI is InChI=1S/C57H35N5/c1-4-15-36(16-5-1)37-27-29-39(30-28-37)56-58-55(38-17-6-2-7-18-38)59-57(60-56)62-49-25-13-12-23-45(49)47-33-40(31-32-50(47)62)41-34-48-44-22-11-10-21-43(44)46-24-14-26-51-53(46)54(48)52(35-41)61(51)42-19-8-3-9-20-42/h1-35H. The van der Waals surface area contributed by atoms with E-state index in [0.29, 0.717) is 17.6 Å². The van der Waals surface area contributed by atoms with E-state index in [1.165, 1.54) is 48.9 Å². The van der Waals surface area contributed by atoms with E-state index in [1.807, 2.05) is 24.3 Å². The molecule has 0 saturated heterocycles. The third-order valence-corrected chi connectivity index (χ3v) is 12.5.